The van der Waals surface area contributed by atoms with Gasteiger partial charge < -0.3 is 4.90 Å². The number of carbonyl (C=O) groups is 1. The molecule has 0 spiro atoms. The van der Waals surface area contributed by atoms with Crippen molar-refractivity contribution < 1.29 is 4.79 Å². The van der Waals surface area contributed by atoms with Gasteiger partial charge in [-0.15, -0.1) is 0 Å². The first-order valence-corrected chi connectivity index (χ1v) is 8.15. The lowest BCUT2D eigenvalue weighted by molar-refractivity contribution is 0.0747. The van der Waals surface area contributed by atoms with Crippen LogP contribution in [0, 0.1) is 10.5 Å². The molecule has 0 atom stereocenters. The highest BCUT2D eigenvalue weighted by molar-refractivity contribution is 14.1. The summed E-state index contributed by atoms with van der Waals surface area (Å²) in [6.07, 6.45) is 0. The molecule has 1 fully saturated rings. The van der Waals surface area contributed by atoms with E-state index in [1.165, 1.54) is 5.56 Å². The summed E-state index contributed by atoms with van der Waals surface area (Å²) in [6, 6.07) is 5.95. The summed E-state index contributed by atoms with van der Waals surface area (Å²) in [5.74, 6) is 1.21. The zero-order valence-electron chi connectivity index (χ0n) is 11.0. The molecule has 98 valence electrons. The summed E-state index contributed by atoms with van der Waals surface area (Å²) in [5, 5.41) is 0. The minimum absolute atomic E-state index is 0.170. The molecule has 1 aliphatic rings. The first-order valence-electron chi connectivity index (χ1n) is 6.09. The second-order valence-corrected chi connectivity index (χ2v) is 8.15. The fourth-order valence-corrected chi connectivity index (χ4v) is 3.87. The highest BCUT2D eigenvalue weighted by Crippen LogP contribution is 2.30. The number of amides is 1. The number of aryl methyl sites for hydroxylation is 1. The second kappa shape index (κ2) is 5.41. The molecule has 4 heteroatoms. The van der Waals surface area contributed by atoms with Crippen molar-refractivity contribution in [1.82, 2.24) is 4.90 Å². The van der Waals surface area contributed by atoms with Crippen molar-refractivity contribution in [3.8, 4) is 0 Å². The van der Waals surface area contributed by atoms with Crippen LogP contribution in [0.3, 0.4) is 0 Å². The molecule has 2 nitrogen and oxygen atoms in total. The topological polar surface area (TPSA) is 20.3 Å². The number of carbonyl (C=O) groups excluding carboxylic acids is 1. The van der Waals surface area contributed by atoms with E-state index in [4.69, 9.17) is 0 Å². The quantitative estimate of drug-likeness (QED) is 0.700. The van der Waals surface area contributed by atoms with Gasteiger partial charge in [0.1, 0.15) is 0 Å². The smallest absolute Gasteiger partial charge is 0.255 e. The van der Waals surface area contributed by atoms with Gasteiger partial charge in [-0.2, -0.15) is 11.8 Å². The molecule has 0 bridgehead atoms. The Hall–Kier alpha value is -0.230. The largest absolute Gasteiger partial charge is 0.336 e. The Balaban J connectivity index is 2.23. The molecule has 0 unspecified atom stereocenters. The Morgan fingerprint density at radius 2 is 2.17 bits per heavy atom. The summed E-state index contributed by atoms with van der Waals surface area (Å²) in [5.41, 5.74) is 2.02. The van der Waals surface area contributed by atoms with Gasteiger partial charge in [0, 0.05) is 27.2 Å². The number of nitrogens with zero attached hydrogens (tertiary/aromatic N) is 1. The zero-order valence-corrected chi connectivity index (χ0v) is 14.0. The maximum absolute atomic E-state index is 12.6. The Morgan fingerprint density at radius 3 is 2.83 bits per heavy atom. The Bertz CT molecular complexity index is 473. The lowest BCUT2D eigenvalue weighted by Gasteiger charge is -2.37. The van der Waals surface area contributed by atoms with E-state index in [2.05, 4.69) is 49.4 Å². The van der Waals surface area contributed by atoms with Gasteiger partial charge in [0.25, 0.3) is 5.91 Å². The molecule has 18 heavy (non-hydrogen) atoms. The Morgan fingerprint density at radius 1 is 1.44 bits per heavy atom. The summed E-state index contributed by atoms with van der Waals surface area (Å²) < 4.78 is 1.25. The van der Waals surface area contributed by atoms with E-state index < -0.39 is 0 Å². The SMILES string of the molecule is Cc1cccc(C(=O)N2CCSC(C)(C)C2)c1I. The van der Waals surface area contributed by atoms with E-state index in [-0.39, 0.29) is 10.7 Å². The van der Waals surface area contributed by atoms with Gasteiger partial charge in [-0.3, -0.25) is 4.79 Å². The minimum atomic E-state index is 0.170. The summed E-state index contributed by atoms with van der Waals surface area (Å²) in [6.45, 7) is 8.16. The average molecular weight is 375 g/mol. The van der Waals surface area contributed by atoms with Gasteiger partial charge in [-0.05, 0) is 55.0 Å². The lowest BCUT2D eigenvalue weighted by Crippen LogP contribution is -2.46. The molecule has 0 N–H and O–H groups in total. The van der Waals surface area contributed by atoms with E-state index in [0.29, 0.717) is 0 Å². The third-order valence-corrected chi connectivity index (χ3v) is 5.86. The molecular formula is C14H18INOS. The van der Waals surface area contributed by atoms with Crippen molar-refractivity contribution in [2.75, 3.05) is 18.8 Å². The molecule has 1 saturated heterocycles. The van der Waals surface area contributed by atoms with Crippen LogP contribution in [0.2, 0.25) is 0 Å². The third kappa shape index (κ3) is 3.02. The van der Waals surface area contributed by atoms with E-state index >= 15 is 0 Å². The summed E-state index contributed by atoms with van der Waals surface area (Å²) in [4.78, 5) is 14.6. The molecule has 0 saturated carbocycles. The normalized spacial score (nSPS) is 18.8. The second-order valence-electron chi connectivity index (χ2n) is 5.27. The number of hydrogen-bond acceptors (Lipinski definition) is 2. The third-order valence-electron chi connectivity index (χ3n) is 3.14. The maximum atomic E-state index is 12.6. The van der Waals surface area contributed by atoms with Crippen LogP contribution in [-0.2, 0) is 0 Å². The number of hydrogen-bond donors (Lipinski definition) is 0. The van der Waals surface area contributed by atoms with Crippen LogP contribution in [0.25, 0.3) is 0 Å². The molecule has 1 heterocycles. The standard InChI is InChI=1S/C14H18INOS/c1-10-5-4-6-11(12(10)15)13(17)16-7-8-18-14(2,3)9-16/h4-6H,7-9H2,1-3H3. The monoisotopic (exact) mass is 375 g/mol. The first-order chi connectivity index (χ1) is 8.41. The van der Waals surface area contributed by atoms with Crippen molar-refractivity contribution in [2.24, 2.45) is 0 Å². The van der Waals surface area contributed by atoms with E-state index in [1.807, 2.05) is 28.8 Å². The lowest BCUT2D eigenvalue weighted by atomic mass is 10.1. The maximum Gasteiger partial charge on any atom is 0.255 e. The molecule has 0 aromatic heterocycles. The first kappa shape index (κ1) is 14.2. The fourth-order valence-electron chi connectivity index (χ4n) is 2.17. The van der Waals surface area contributed by atoms with Crippen LogP contribution < -0.4 is 0 Å². The van der Waals surface area contributed by atoms with Gasteiger partial charge >= 0.3 is 0 Å². The molecule has 2 rings (SSSR count). The Labute approximate surface area is 127 Å². The van der Waals surface area contributed by atoms with Crippen molar-refractivity contribution in [2.45, 2.75) is 25.5 Å². The van der Waals surface area contributed by atoms with E-state index in [9.17, 15) is 4.79 Å². The van der Waals surface area contributed by atoms with Gasteiger partial charge in [0.2, 0.25) is 0 Å². The highest BCUT2D eigenvalue weighted by Gasteiger charge is 2.30. The van der Waals surface area contributed by atoms with Gasteiger partial charge in [-0.25, -0.2) is 0 Å². The number of halogens is 1. The molecule has 1 aromatic carbocycles. The van der Waals surface area contributed by atoms with E-state index in [1.54, 1.807) is 0 Å². The van der Waals surface area contributed by atoms with E-state index in [0.717, 1.165) is 28.0 Å². The molecular weight excluding hydrogens is 357 g/mol. The predicted octanol–water partition coefficient (Wildman–Crippen LogP) is 3.57. The highest BCUT2D eigenvalue weighted by atomic mass is 127. The molecule has 1 aliphatic heterocycles. The molecule has 0 aliphatic carbocycles. The molecule has 0 radical (unpaired) electrons. The van der Waals surface area contributed by atoms with Gasteiger partial charge in [-0.1, -0.05) is 12.1 Å². The number of benzene rings is 1. The van der Waals surface area contributed by atoms with Crippen molar-refractivity contribution in [3.63, 3.8) is 0 Å². The zero-order chi connectivity index (χ0) is 13.3. The minimum Gasteiger partial charge on any atom is -0.336 e. The number of rotatable bonds is 1. The number of thioether (sulfide) groups is 1. The summed E-state index contributed by atoms with van der Waals surface area (Å²) >= 11 is 4.22. The molecule has 1 aromatic rings. The summed E-state index contributed by atoms with van der Waals surface area (Å²) in [7, 11) is 0. The van der Waals surface area contributed by atoms with Gasteiger partial charge in [0.15, 0.2) is 0 Å². The van der Waals surface area contributed by atoms with Gasteiger partial charge in [0.05, 0.1) is 5.56 Å². The average Bonchev–Trinajstić information content (AvgIpc) is 2.30. The molecule has 1 amide bonds. The predicted molar refractivity (Wildman–Crippen MR) is 86.3 cm³/mol. The van der Waals surface area contributed by atoms with Crippen LogP contribution in [0.5, 0.6) is 0 Å². The fraction of sp³-hybridized carbons (Fsp3) is 0.500. The van der Waals surface area contributed by atoms with Crippen LogP contribution in [0.1, 0.15) is 29.8 Å². The van der Waals surface area contributed by atoms with Crippen molar-refractivity contribution in [1.29, 1.82) is 0 Å². The Kier molecular flexibility index (Phi) is 4.26. The van der Waals surface area contributed by atoms with Crippen LogP contribution in [0.4, 0.5) is 0 Å². The van der Waals surface area contributed by atoms with Crippen molar-refractivity contribution >= 4 is 40.3 Å². The van der Waals surface area contributed by atoms with Crippen molar-refractivity contribution in [3.05, 3.63) is 32.9 Å². The van der Waals surface area contributed by atoms with Crippen LogP contribution in [-0.4, -0.2) is 34.4 Å². The van der Waals surface area contributed by atoms with Crippen LogP contribution in [0.15, 0.2) is 18.2 Å². The van der Waals surface area contributed by atoms with Crippen LogP contribution >= 0.6 is 34.4 Å².